The van der Waals surface area contributed by atoms with Crippen LogP contribution in [0.15, 0.2) is 42.5 Å². The lowest BCUT2D eigenvalue weighted by molar-refractivity contribution is 0.0538. The lowest BCUT2D eigenvalue weighted by Crippen LogP contribution is -2.21. The maximum Gasteiger partial charge on any atom is 0.374 e. The smallest absolute Gasteiger partial charge is 0.374 e. The Morgan fingerprint density at radius 2 is 1.92 bits per heavy atom. The van der Waals surface area contributed by atoms with Crippen LogP contribution in [0.4, 0.5) is 5.82 Å². The van der Waals surface area contributed by atoms with E-state index in [0.717, 1.165) is 24.0 Å². The molecule has 0 amide bonds. The number of aliphatic hydroxyl groups excluding tert-OH is 2. The number of aromatic carboxylic acids is 1. The molecule has 0 saturated heterocycles. The molecule has 1 fully saturated rings. The third kappa shape index (κ3) is 5.98. The minimum absolute atomic E-state index is 0.0879. The highest BCUT2D eigenvalue weighted by Crippen LogP contribution is 2.37. The van der Waals surface area contributed by atoms with Gasteiger partial charge in [-0.05, 0) is 62.4 Å². The van der Waals surface area contributed by atoms with Crippen molar-refractivity contribution in [1.29, 1.82) is 0 Å². The third-order valence-electron chi connectivity index (χ3n) is 6.76. The van der Waals surface area contributed by atoms with E-state index in [-0.39, 0.29) is 24.1 Å². The molecule has 11 heteroatoms. The van der Waals surface area contributed by atoms with E-state index in [1.807, 2.05) is 35.8 Å². The highest BCUT2D eigenvalue weighted by Gasteiger charge is 2.30. The second-order valence-electron chi connectivity index (χ2n) is 9.94. The Balaban J connectivity index is 1.72. The number of aromatic nitrogens is 4. The maximum atomic E-state index is 11.9. The molecular formula is C28H30ClN5O5. The molecule has 0 radical (unpaired) electrons. The molecule has 0 bridgehead atoms. The number of carboxylic acid groups (broad SMARTS) is 1. The highest BCUT2D eigenvalue weighted by atomic mass is 35.5. The average Bonchev–Trinajstić information content (AvgIpc) is 3.71. The quantitative estimate of drug-likeness (QED) is 0.216. The number of benzene rings is 2. The van der Waals surface area contributed by atoms with E-state index in [2.05, 4.69) is 22.2 Å². The first-order valence-corrected chi connectivity index (χ1v) is 13.2. The number of hydrogen-bond acceptors (Lipinski definition) is 8. The number of nitrogens with one attached hydrogen (secondary N) is 1. The molecule has 4 aromatic rings. The van der Waals surface area contributed by atoms with Crippen LogP contribution < -0.4 is 10.1 Å². The molecule has 2 aromatic heterocycles. The Morgan fingerprint density at radius 1 is 1.18 bits per heavy atom. The summed E-state index contributed by atoms with van der Waals surface area (Å²) in [6.45, 7) is 3.83. The summed E-state index contributed by atoms with van der Waals surface area (Å²) in [6, 6.07) is 13.1. The number of ether oxygens (including phenoxy) is 1. The zero-order valence-electron chi connectivity index (χ0n) is 21.6. The van der Waals surface area contributed by atoms with E-state index < -0.39 is 18.7 Å². The standard InChI is InChI=1S/C28H30ClN5O5/c1-15-3-10-22(39-14-20(36)13-35)21(11-15)27-33-25-23(34(27)12-17-4-8-19(29)9-5-17)24(30-16(2)18-6-7-18)31-26(32-25)28(37)38/h3-5,8-11,16,18,20,35-36H,6-7,12-14H2,1-2H3,(H,37,38)(H,30,31,32). The van der Waals surface area contributed by atoms with Gasteiger partial charge in [-0.2, -0.15) is 0 Å². The molecule has 2 unspecified atom stereocenters. The monoisotopic (exact) mass is 551 g/mol. The van der Waals surface area contributed by atoms with E-state index in [4.69, 9.17) is 21.3 Å². The van der Waals surface area contributed by atoms with Gasteiger partial charge in [-0.25, -0.2) is 19.7 Å². The van der Waals surface area contributed by atoms with Crippen LogP contribution in [0.2, 0.25) is 5.02 Å². The van der Waals surface area contributed by atoms with E-state index in [9.17, 15) is 20.1 Å². The minimum Gasteiger partial charge on any atom is -0.490 e. The molecule has 0 aliphatic heterocycles. The normalized spacial score (nSPS) is 14.8. The number of nitrogens with zero attached hydrogens (tertiary/aromatic N) is 4. The Kier molecular flexibility index (Phi) is 7.69. The Bertz CT molecular complexity index is 1500. The Labute approximate surface area is 230 Å². The van der Waals surface area contributed by atoms with Crippen LogP contribution in [0, 0.1) is 12.8 Å². The van der Waals surface area contributed by atoms with Gasteiger partial charge in [0.15, 0.2) is 11.5 Å². The number of anilines is 1. The highest BCUT2D eigenvalue weighted by molar-refractivity contribution is 6.30. The summed E-state index contributed by atoms with van der Waals surface area (Å²) in [5.74, 6) is 0.248. The number of hydrogen-bond donors (Lipinski definition) is 4. The fourth-order valence-corrected chi connectivity index (χ4v) is 4.60. The molecule has 1 aliphatic carbocycles. The summed E-state index contributed by atoms with van der Waals surface area (Å²) in [6.07, 6.45) is 1.16. The number of aliphatic hydroxyl groups is 2. The first-order chi connectivity index (χ1) is 18.7. The zero-order chi connectivity index (χ0) is 27.7. The van der Waals surface area contributed by atoms with Crippen LogP contribution in [0.1, 0.15) is 41.5 Å². The maximum absolute atomic E-state index is 11.9. The zero-order valence-corrected chi connectivity index (χ0v) is 22.4. The van der Waals surface area contributed by atoms with Gasteiger partial charge in [0, 0.05) is 17.6 Å². The summed E-state index contributed by atoms with van der Waals surface area (Å²) in [5, 5.41) is 32.9. The lowest BCUT2D eigenvalue weighted by atomic mass is 10.1. The van der Waals surface area contributed by atoms with Crippen LogP contribution in [-0.4, -0.2) is 66.2 Å². The molecule has 5 rings (SSSR count). The topological polar surface area (TPSA) is 143 Å². The molecule has 2 aromatic carbocycles. The number of rotatable bonds is 11. The number of halogens is 1. The van der Waals surface area contributed by atoms with Gasteiger partial charge in [0.1, 0.15) is 29.8 Å². The molecule has 0 spiro atoms. The number of aryl methyl sites for hydroxylation is 1. The summed E-state index contributed by atoms with van der Waals surface area (Å²) >= 11 is 6.13. The average molecular weight is 552 g/mol. The predicted octanol–water partition coefficient (Wildman–Crippen LogP) is 4.14. The van der Waals surface area contributed by atoms with E-state index in [1.54, 1.807) is 18.2 Å². The van der Waals surface area contributed by atoms with Crippen molar-refractivity contribution in [3.8, 4) is 17.1 Å². The minimum atomic E-state index is -1.25. The fraction of sp³-hybridized carbons (Fsp3) is 0.357. The van der Waals surface area contributed by atoms with Crippen molar-refractivity contribution in [2.75, 3.05) is 18.5 Å². The first kappa shape index (κ1) is 26.9. The van der Waals surface area contributed by atoms with Gasteiger partial charge in [-0.1, -0.05) is 35.4 Å². The van der Waals surface area contributed by atoms with Crippen LogP contribution >= 0.6 is 11.6 Å². The van der Waals surface area contributed by atoms with Gasteiger partial charge in [0.25, 0.3) is 0 Å². The van der Waals surface area contributed by atoms with Crippen LogP contribution in [0.3, 0.4) is 0 Å². The van der Waals surface area contributed by atoms with Crippen molar-refractivity contribution in [2.24, 2.45) is 5.92 Å². The van der Waals surface area contributed by atoms with Gasteiger partial charge < -0.3 is 29.9 Å². The largest absolute Gasteiger partial charge is 0.490 e. The van der Waals surface area contributed by atoms with Crippen LogP contribution in [0.25, 0.3) is 22.6 Å². The van der Waals surface area contributed by atoms with Crippen molar-refractivity contribution in [2.45, 2.75) is 45.4 Å². The van der Waals surface area contributed by atoms with Gasteiger partial charge in [0.2, 0.25) is 5.82 Å². The molecule has 2 heterocycles. The second-order valence-corrected chi connectivity index (χ2v) is 10.4. The van der Waals surface area contributed by atoms with E-state index >= 15 is 0 Å². The summed E-state index contributed by atoms with van der Waals surface area (Å²) in [4.78, 5) is 25.4. The molecule has 4 N–H and O–H groups in total. The van der Waals surface area contributed by atoms with Crippen molar-refractivity contribution in [3.63, 3.8) is 0 Å². The number of fused-ring (bicyclic) bond motifs is 1. The molecule has 1 saturated carbocycles. The molecule has 204 valence electrons. The number of carboxylic acids is 1. The number of imidazole rings is 1. The first-order valence-electron chi connectivity index (χ1n) is 12.8. The summed E-state index contributed by atoms with van der Waals surface area (Å²) in [7, 11) is 0. The van der Waals surface area contributed by atoms with Crippen molar-refractivity contribution in [1.82, 2.24) is 19.5 Å². The molecule has 2 atom stereocenters. The number of carbonyl (C=O) groups is 1. The third-order valence-corrected chi connectivity index (χ3v) is 7.01. The van der Waals surface area contributed by atoms with Gasteiger partial charge in [-0.3, -0.25) is 0 Å². The van der Waals surface area contributed by atoms with E-state index in [1.165, 1.54) is 0 Å². The summed E-state index contributed by atoms with van der Waals surface area (Å²) in [5.41, 5.74) is 3.32. The fourth-order valence-electron chi connectivity index (χ4n) is 4.48. The Hall–Kier alpha value is -3.73. The van der Waals surface area contributed by atoms with Crippen molar-refractivity contribution in [3.05, 3.63) is 64.4 Å². The molecule has 39 heavy (non-hydrogen) atoms. The van der Waals surface area contributed by atoms with Gasteiger partial charge in [0.05, 0.1) is 12.2 Å². The molecular weight excluding hydrogens is 522 g/mol. The molecule has 1 aliphatic rings. The van der Waals surface area contributed by atoms with Crippen LogP contribution in [0.5, 0.6) is 5.75 Å². The predicted molar refractivity (Wildman–Crippen MR) is 147 cm³/mol. The van der Waals surface area contributed by atoms with Gasteiger partial charge in [-0.15, -0.1) is 0 Å². The second kappa shape index (κ2) is 11.2. The van der Waals surface area contributed by atoms with E-state index in [0.29, 0.717) is 46.0 Å². The van der Waals surface area contributed by atoms with Gasteiger partial charge >= 0.3 is 5.97 Å². The summed E-state index contributed by atoms with van der Waals surface area (Å²) < 4.78 is 7.83. The lowest BCUT2D eigenvalue weighted by Gasteiger charge is -2.18. The SMILES string of the molecule is Cc1ccc(OCC(O)CO)c(-c2nc3nc(C(=O)O)nc(NC(C)C4CC4)c3n2Cc2ccc(Cl)cc2)c1. The Morgan fingerprint density at radius 3 is 2.59 bits per heavy atom. The van der Waals surface area contributed by atoms with Crippen molar-refractivity contribution < 1.29 is 24.9 Å². The van der Waals surface area contributed by atoms with Crippen LogP contribution in [-0.2, 0) is 6.54 Å². The van der Waals surface area contributed by atoms with Crippen molar-refractivity contribution >= 4 is 34.6 Å². The molecule has 10 nitrogen and oxygen atoms in total.